The minimum atomic E-state index is -0.865. The Kier molecular flexibility index (Phi) is 4.44. The first-order chi connectivity index (χ1) is 7.65. The molecule has 0 fully saturated rings. The second kappa shape index (κ2) is 5.85. The fraction of sp³-hybridized carbons (Fsp3) is 0.364. The fourth-order valence-electron chi connectivity index (χ4n) is 1.14. The highest BCUT2D eigenvalue weighted by Crippen LogP contribution is 2.01. The van der Waals surface area contributed by atoms with E-state index in [1.807, 2.05) is 19.1 Å². The molecule has 1 rings (SSSR count). The molecule has 0 radical (unpaired) electrons. The van der Waals surface area contributed by atoms with E-state index in [2.05, 4.69) is 15.0 Å². The second-order valence-electron chi connectivity index (χ2n) is 3.17. The Morgan fingerprint density at radius 3 is 2.88 bits per heavy atom. The van der Waals surface area contributed by atoms with Gasteiger partial charge in [0.2, 0.25) is 0 Å². The lowest BCUT2D eigenvalue weighted by molar-refractivity contribution is -0.154. The maximum Gasteiger partial charge on any atom is 0.396 e. The topological polar surface area (TPSA) is 68.3 Å². The molecule has 0 aliphatic carbocycles. The molecule has 0 aromatic carbocycles. The van der Waals surface area contributed by atoms with Gasteiger partial charge in [-0.05, 0) is 25.5 Å². The van der Waals surface area contributed by atoms with Crippen molar-refractivity contribution in [2.75, 3.05) is 6.61 Å². The first-order valence-electron chi connectivity index (χ1n) is 5.00. The molecule has 1 N–H and O–H groups in total. The molecule has 0 aliphatic rings. The van der Waals surface area contributed by atoms with E-state index >= 15 is 0 Å². The van der Waals surface area contributed by atoms with Gasteiger partial charge in [-0.25, -0.2) is 4.79 Å². The van der Waals surface area contributed by atoms with Crippen LogP contribution in [0, 0.1) is 6.92 Å². The normalized spacial score (nSPS) is 9.62. The van der Waals surface area contributed by atoms with Gasteiger partial charge in [0, 0.05) is 6.20 Å². The van der Waals surface area contributed by atoms with Gasteiger partial charge in [0.15, 0.2) is 0 Å². The maximum atomic E-state index is 11.2. The van der Waals surface area contributed by atoms with Crippen molar-refractivity contribution >= 4 is 11.9 Å². The molecule has 0 aliphatic heterocycles. The zero-order valence-corrected chi connectivity index (χ0v) is 9.32. The molecule has 5 nitrogen and oxygen atoms in total. The second-order valence-corrected chi connectivity index (χ2v) is 3.17. The molecular formula is C11H14N2O3. The molecule has 86 valence electrons. The molecule has 0 saturated carbocycles. The minimum absolute atomic E-state index is 0.189. The average molecular weight is 222 g/mol. The van der Waals surface area contributed by atoms with Gasteiger partial charge in [-0.15, -0.1) is 0 Å². The summed E-state index contributed by atoms with van der Waals surface area (Å²) < 4.78 is 4.55. The first kappa shape index (κ1) is 12.2. The summed E-state index contributed by atoms with van der Waals surface area (Å²) in [6, 6.07) is 3.70. The lowest BCUT2D eigenvalue weighted by Gasteiger charge is -2.05. The van der Waals surface area contributed by atoms with Crippen LogP contribution in [0.2, 0.25) is 0 Å². The van der Waals surface area contributed by atoms with E-state index in [0.29, 0.717) is 0 Å². The molecule has 1 aromatic heterocycles. The molecule has 0 unspecified atom stereocenters. The average Bonchev–Trinajstić information content (AvgIpc) is 2.28. The predicted octanol–water partition coefficient (Wildman–Crippen LogP) is 0.569. The number of aromatic nitrogens is 1. The molecule has 5 heteroatoms. The number of aryl methyl sites for hydroxylation is 1. The summed E-state index contributed by atoms with van der Waals surface area (Å²) in [6.07, 6.45) is 1.64. The molecule has 0 bridgehead atoms. The number of hydrogen-bond donors (Lipinski definition) is 1. The van der Waals surface area contributed by atoms with E-state index in [1.165, 1.54) is 0 Å². The van der Waals surface area contributed by atoms with Crippen molar-refractivity contribution < 1.29 is 14.3 Å². The van der Waals surface area contributed by atoms with Crippen LogP contribution in [-0.4, -0.2) is 23.5 Å². The predicted molar refractivity (Wildman–Crippen MR) is 57.5 cm³/mol. The molecule has 0 atom stereocenters. The highest BCUT2D eigenvalue weighted by atomic mass is 16.5. The quantitative estimate of drug-likeness (QED) is 0.599. The Morgan fingerprint density at radius 2 is 2.25 bits per heavy atom. The van der Waals surface area contributed by atoms with Crippen LogP contribution in [0.4, 0.5) is 0 Å². The maximum absolute atomic E-state index is 11.2. The number of nitrogens with one attached hydrogen (secondary N) is 1. The van der Waals surface area contributed by atoms with Crippen LogP contribution in [0.15, 0.2) is 18.3 Å². The highest BCUT2D eigenvalue weighted by molar-refractivity contribution is 6.32. The third kappa shape index (κ3) is 3.34. The molecule has 1 aromatic rings. The van der Waals surface area contributed by atoms with Gasteiger partial charge in [-0.2, -0.15) is 0 Å². The summed E-state index contributed by atoms with van der Waals surface area (Å²) in [5.41, 5.74) is 1.70. The third-order valence-electron chi connectivity index (χ3n) is 2.00. The van der Waals surface area contributed by atoms with E-state index < -0.39 is 11.9 Å². The fourth-order valence-corrected chi connectivity index (χ4v) is 1.14. The zero-order valence-electron chi connectivity index (χ0n) is 9.32. The Labute approximate surface area is 93.8 Å². The smallest absolute Gasteiger partial charge is 0.396 e. The Bertz CT molecular complexity index is 391. The number of nitrogens with zero attached hydrogens (tertiary/aromatic N) is 1. The van der Waals surface area contributed by atoms with Crippen LogP contribution in [0.25, 0.3) is 0 Å². The van der Waals surface area contributed by atoms with Crippen LogP contribution in [-0.2, 0) is 20.9 Å². The number of rotatable bonds is 3. The van der Waals surface area contributed by atoms with Gasteiger partial charge in [0.25, 0.3) is 0 Å². The SMILES string of the molecule is CCOC(=O)C(=O)NCc1ncccc1C. The highest BCUT2D eigenvalue weighted by Gasteiger charge is 2.14. The molecular weight excluding hydrogens is 208 g/mol. The monoisotopic (exact) mass is 222 g/mol. The molecule has 16 heavy (non-hydrogen) atoms. The number of hydrogen-bond acceptors (Lipinski definition) is 4. The lowest BCUT2D eigenvalue weighted by Crippen LogP contribution is -2.32. The van der Waals surface area contributed by atoms with Crippen LogP contribution in [0.1, 0.15) is 18.2 Å². The van der Waals surface area contributed by atoms with E-state index in [-0.39, 0.29) is 13.2 Å². The number of pyridine rings is 1. The molecule has 1 amide bonds. The van der Waals surface area contributed by atoms with E-state index in [9.17, 15) is 9.59 Å². The number of esters is 1. The zero-order chi connectivity index (χ0) is 12.0. The summed E-state index contributed by atoms with van der Waals surface area (Å²) in [7, 11) is 0. The van der Waals surface area contributed by atoms with Gasteiger partial charge < -0.3 is 10.1 Å². The van der Waals surface area contributed by atoms with E-state index in [4.69, 9.17) is 0 Å². The van der Waals surface area contributed by atoms with Gasteiger partial charge in [0.1, 0.15) is 0 Å². The Morgan fingerprint density at radius 1 is 1.50 bits per heavy atom. The van der Waals surface area contributed by atoms with Gasteiger partial charge >= 0.3 is 11.9 Å². The number of carbonyl (C=O) groups is 2. The van der Waals surface area contributed by atoms with E-state index in [0.717, 1.165) is 11.3 Å². The molecule has 0 spiro atoms. The van der Waals surface area contributed by atoms with Crippen molar-refractivity contribution in [1.82, 2.24) is 10.3 Å². The van der Waals surface area contributed by atoms with Crippen LogP contribution in [0.3, 0.4) is 0 Å². The number of ether oxygens (including phenoxy) is 1. The number of amides is 1. The summed E-state index contributed by atoms with van der Waals surface area (Å²) >= 11 is 0. The van der Waals surface area contributed by atoms with Crippen LogP contribution < -0.4 is 5.32 Å². The van der Waals surface area contributed by atoms with Crippen molar-refractivity contribution in [3.8, 4) is 0 Å². The van der Waals surface area contributed by atoms with Crippen molar-refractivity contribution in [1.29, 1.82) is 0 Å². The molecule has 1 heterocycles. The summed E-state index contributed by atoms with van der Waals surface area (Å²) in [6.45, 7) is 3.95. The first-order valence-corrected chi connectivity index (χ1v) is 5.00. The Hall–Kier alpha value is -1.91. The molecule has 0 saturated heterocycles. The number of carbonyl (C=O) groups excluding carboxylic acids is 2. The van der Waals surface area contributed by atoms with Crippen molar-refractivity contribution in [2.45, 2.75) is 20.4 Å². The minimum Gasteiger partial charge on any atom is -0.459 e. The summed E-state index contributed by atoms with van der Waals surface area (Å²) in [5.74, 6) is -1.61. The van der Waals surface area contributed by atoms with Crippen molar-refractivity contribution in [2.24, 2.45) is 0 Å². The third-order valence-corrected chi connectivity index (χ3v) is 2.00. The van der Waals surface area contributed by atoms with Crippen molar-refractivity contribution in [3.63, 3.8) is 0 Å². The standard InChI is InChI=1S/C11H14N2O3/c1-3-16-11(15)10(14)13-7-9-8(2)5-4-6-12-9/h4-6H,3,7H2,1-2H3,(H,13,14). The summed E-state index contributed by atoms with van der Waals surface area (Å²) in [4.78, 5) is 26.3. The van der Waals surface area contributed by atoms with E-state index in [1.54, 1.807) is 13.1 Å². The van der Waals surface area contributed by atoms with Crippen LogP contribution >= 0.6 is 0 Å². The van der Waals surface area contributed by atoms with Crippen molar-refractivity contribution in [3.05, 3.63) is 29.6 Å². The Balaban J connectivity index is 2.49. The lowest BCUT2D eigenvalue weighted by atomic mass is 10.2. The van der Waals surface area contributed by atoms with Gasteiger partial charge in [-0.3, -0.25) is 9.78 Å². The van der Waals surface area contributed by atoms with Gasteiger partial charge in [-0.1, -0.05) is 6.07 Å². The summed E-state index contributed by atoms with van der Waals surface area (Å²) in [5, 5.41) is 2.45. The van der Waals surface area contributed by atoms with Gasteiger partial charge in [0.05, 0.1) is 18.8 Å². The largest absolute Gasteiger partial charge is 0.459 e. The van der Waals surface area contributed by atoms with Crippen LogP contribution in [0.5, 0.6) is 0 Å².